The molecule has 1 amide bonds. The van der Waals surface area contributed by atoms with E-state index in [2.05, 4.69) is 39.9 Å². The molecule has 2 aromatic heterocycles. The molecule has 0 bridgehead atoms. The Balaban J connectivity index is 1.18. The molecular formula is C27H17Cl2N3O2S2. The zero-order valence-electron chi connectivity index (χ0n) is 18.5. The second-order valence-electron chi connectivity index (χ2n) is 7.70. The number of nitrogens with one attached hydrogen (secondary N) is 2. The summed E-state index contributed by atoms with van der Waals surface area (Å²) in [6.07, 6.45) is 2.88. The highest BCUT2D eigenvalue weighted by Crippen LogP contribution is 2.32. The Hall–Kier alpha value is -3.49. The fourth-order valence-corrected chi connectivity index (χ4v) is 5.02. The smallest absolute Gasteiger partial charge is 0.250 e. The maximum absolute atomic E-state index is 12.3. The summed E-state index contributed by atoms with van der Waals surface area (Å²) in [5.41, 5.74) is 2.55. The molecule has 0 aliphatic rings. The molecule has 2 heterocycles. The van der Waals surface area contributed by atoms with Crippen LogP contribution in [0.2, 0.25) is 10.0 Å². The molecule has 0 spiro atoms. The molecule has 0 atom stereocenters. The normalized spacial score (nSPS) is 11.2. The third-order valence-corrected chi connectivity index (χ3v) is 6.74. The molecule has 0 saturated carbocycles. The lowest BCUT2D eigenvalue weighted by Gasteiger charge is -2.04. The van der Waals surface area contributed by atoms with Crippen molar-refractivity contribution in [3.63, 3.8) is 0 Å². The lowest BCUT2D eigenvalue weighted by Crippen LogP contribution is -2.32. The van der Waals surface area contributed by atoms with Crippen molar-refractivity contribution in [2.75, 3.05) is 5.32 Å². The van der Waals surface area contributed by atoms with Gasteiger partial charge in [-0.2, -0.15) is 0 Å². The molecule has 0 aliphatic heterocycles. The minimum absolute atomic E-state index is 0.150. The van der Waals surface area contributed by atoms with Gasteiger partial charge in [-0.1, -0.05) is 59.6 Å². The Labute approximate surface area is 226 Å². The van der Waals surface area contributed by atoms with E-state index in [4.69, 9.17) is 39.8 Å². The van der Waals surface area contributed by atoms with Crippen molar-refractivity contribution in [1.29, 1.82) is 0 Å². The van der Waals surface area contributed by atoms with Crippen molar-refractivity contribution in [2.24, 2.45) is 0 Å². The summed E-state index contributed by atoms with van der Waals surface area (Å²) in [6, 6.07) is 23.0. The fourth-order valence-electron chi connectivity index (χ4n) is 3.53. The van der Waals surface area contributed by atoms with Crippen LogP contribution in [-0.2, 0) is 4.79 Å². The van der Waals surface area contributed by atoms with Crippen molar-refractivity contribution in [3.8, 4) is 22.6 Å². The van der Waals surface area contributed by atoms with Crippen molar-refractivity contribution in [3.05, 3.63) is 100 Å². The number of benzene rings is 3. The van der Waals surface area contributed by atoms with E-state index >= 15 is 0 Å². The van der Waals surface area contributed by atoms with Crippen molar-refractivity contribution >= 4 is 79.8 Å². The monoisotopic (exact) mass is 549 g/mol. The number of hydrogen-bond donors (Lipinski definition) is 2. The summed E-state index contributed by atoms with van der Waals surface area (Å²) >= 11 is 18.8. The Morgan fingerprint density at radius 1 is 1.00 bits per heavy atom. The number of hydrogen-bond acceptors (Lipinski definition) is 5. The summed E-state index contributed by atoms with van der Waals surface area (Å²) in [7, 11) is 0. The van der Waals surface area contributed by atoms with Crippen molar-refractivity contribution in [2.45, 2.75) is 0 Å². The Morgan fingerprint density at radius 2 is 1.83 bits per heavy atom. The number of aromatic nitrogens is 1. The molecule has 0 unspecified atom stereocenters. The third kappa shape index (κ3) is 5.66. The van der Waals surface area contributed by atoms with Gasteiger partial charge in [0.25, 0.3) is 0 Å². The standard InChI is InChI=1S/C27H17Cl2N3O2S2/c28-19-7-10-21(22(29)14-19)24-11-8-20(34-24)9-12-25(33)31-26(35)32-27-30-23(15-36-27)18-6-5-16-3-1-2-4-17(16)13-18/h1-15H,(H2,30,31,32,33,35)/b12-9+. The molecule has 5 aromatic rings. The Morgan fingerprint density at radius 3 is 2.67 bits per heavy atom. The summed E-state index contributed by atoms with van der Waals surface area (Å²) in [5.74, 6) is 0.658. The maximum Gasteiger partial charge on any atom is 0.250 e. The first-order valence-corrected chi connectivity index (χ1v) is 12.8. The number of anilines is 1. The van der Waals surface area contributed by atoms with Crippen LogP contribution in [0.5, 0.6) is 0 Å². The van der Waals surface area contributed by atoms with E-state index < -0.39 is 5.91 Å². The summed E-state index contributed by atoms with van der Waals surface area (Å²) < 4.78 is 5.76. The first-order valence-electron chi connectivity index (χ1n) is 10.7. The number of rotatable bonds is 5. The SMILES string of the molecule is O=C(/C=C/c1ccc(-c2ccc(Cl)cc2Cl)o1)NC(=S)Nc1nc(-c2ccc3ccccc3c2)cs1. The van der Waals surface area contributed by atoms with E-state index in [0.29, 0.717) is 32.3 Å². The predicted octanol–water partition coefficient (Wildman–Crippen LogP) is 8.06. The number of furan rings is 1. The molecule has 0 radical (unpaired) electrons. The lowest BCUT2D eigenvalue weighted by atomic mass is 10.1. The van der Waals surface area contributed by atoms with E-state index in [1.807, 2.05) is 23.6 Å². The quantitative estimate of drug-likeness (QED) is 0.171. The van der Waals surface area contributed by atoms with Gasteiger partial charge in [-0.15, -0.1) is 11.3 Å². The van der Waals surface area contributed by atoms with Gasteiger partial charge in [0.1, 0.15) is 11.5 Å². The lowest BCUT2D eigenvalue weighted by molar-refractivity contribution is -0.115. The van der Waals surface area contributed by atoms with Gasteiger partial charge in [0.2, 0.25) is 5.91 Å². The van der Waals surface area contributed by atoms with Gasteiger partial charge in [0, 0.05) is 27.6 Å². The van der Waals surface area contributed by atoms with Gasteiger partial charge in [0.05, 0.1) is 10.7 Å². The van der Waals surface area contributed by atoms with Crippen LogP contribution >= 0.6 is 46.8 Å². The average Bonchev–Trinajstić information content (AvgIpc) is 3.52. The number of nitrogens with zero attached hydrogens (tertiary/aromatic N) is 1. The van der Waals surface area contributed by atoms with E-state index in [9.17, 15) is 4.79 Å². The van der Waals surface area contributed by atoms with E-state index in [0.717, 1.165) is 16.6 Å². The molecule has 3 aromatic carbocycles. The number of halogens is 2. The number of carbonyl (C=O) groups excluding carboxylic acids is 1. The second kappa shape index (κ2) is 10.6. The van der Waals surface area contributed by atoms with Crippen LogP contribution in [0.15, 0.2) is 88.7 Å². The van der Waals surface area contributed by atoms with Crippen LogP contribution in [-0.4, -0.2) is 16.0 Å². The van der Waals surface area contributed by atoms with E-state index in [1.165, 1.54) is 22.8 Å². The number of thiocarbonyl (C=S) groups is 1. The highest BCUT2D eigenvalue weighted by atomic mass is 35.5. The minimum atomic E-state index is -0.402. The molecule has 0 aliphatic carbocycles. The van der Waals surface area contributed by atoms with Gasteiger partial charge in [-0.3, -0.25) is 10.1 Å². The molecule has 36 heavy (non-hydrogen) atoms. The number of carbonyl (C=O) groups is 1. The molecule has 2 N–H and O–H groups in total. The molecule has 0 fully saturated rings. The van der Waals surface area contributed by atoms with E-state index in [1.54, 1.807) is 36.4 Å². The fraction of sp³-hybridized carbons (Fsp3) is 0. The van der Waals surface area contributed by atoms with Gasteiger partial charge in [-0.25, -0.2) is 4.98 Å². The van der Waals surface area contributed by atoms with Gasteiger partial charge in [-0.05, 0) is 65.5 Å². The number of fused-ring (bicyclic) bond motifs is 1. The molecule has 9 heteroatoms. The average molecular weight is 550 g/mol. The number of thiazole rings is 1. The Bertz CT molecular complexity index is 1620. The summed E-state index contributed by atoms with van der Waals surface area (Å²) in [6.45, 7) is 0. The molecule has 5 nitrogen and oxygen atoms in total. The van der Waals surface area contributed by atoms with E-state index in [-0.39, 0.29) is 5.11 Å². The molecule has 0 saturated heterocycles. The first kappa shape index (κ1) is 24.2. The zero-order valence-corrected chi connectivity index (χ0v) is 21.6. The Kier molecular flexibility index (Phi) is 7.16. The minimum Gasteiger partial charge on any atom is -0.457 e. The van der Waals surface area contributed by atoms with Crippen LogP contribution in [0.3, 0.4) is 0 Å². The van der Waals surface area contributed by atoms with Crippen LogP contribution in [0.1, 0.15) is 5.76 Å². The number of amides is 1. The molecular weight excluding hydrogens is 533 g/mol. The highest BCUT2D eigenvalue weighted by Gasteiger charge is 2.10. The third-order valence-electron chi connectivity index (χ3n) is 5.23. The molecule has 5 rings (SSSR count). The zero-order chi connectivity index (χ0) is 25.1. The summed E-state index contributed by atoms with van der Waals surface area (Å²) in [4.78, 5) is 16.9. The first-order chi connectivity index (χ1) is 17.4. The largest absolute Gasteiger partial charge is 0.457 e. The van der Waals surface area contributed by atoms with Gasteiger partial charge < -0.3 is 9.73 Å². The van der Waals surface area contributed by atoms with Gasteiger partial charge >= 0.3 is 0 Å². The van der Waals surface area contributed by atoms with Crippen molar-refractivity contribution in [1.82, 2.24) is 10.3 Å². The van der Waals surface area contributed by atoms with Crippen LogP contribution in [0, 0.1) is 0 Å². The topological polar surface area (TPSA) is 67.2 Å². The van der Waals surface area contributed by atoms with Gasteiger partial charge in [0.15, 0.2) is 10.2 Å². The van der Waals surface area contributed by atoms with Crippen molar-refractivity contribution < 1.29 is 9.21 Å². The summed E-state index contributed by atoms with van der Waals surface area (Å²) in [5, 5.41) is 11.6. The predicted molar refractivity (Wildman–Crippen MR) is 153 cm³/mol. The van der Waals surface area contributed by atoms with Crippen LogP contribution in [0.4, 0.5) is 5.13 Å². The van der Waals surface area contributed by atoms with Crippen LogP contribution in [0.25, 0.3) is 39.4 Å². The second-order valence-corrected chi connectivity index (χ2v) is 9.81. The maximum atomic E-state index is 12.3. The van der Waals surface area contributed by atoms with Crippen LogP contribution < -0.4 is 10.6 Å². The molecule has 178 valence electrons. The highest BCUT2D eigenvalue weighted by molar-refractivity contribution is 7.80.